The Morgan fingerprint density at radius 1 is 1.41 bits per heavy atom. The summed E-state index contributed by atoms with van der Waals surface area (Å²) in [6.07, 6.45) is 2.18. The van der Waals surface area contributed by atoms with Crippen molar-refractivity contribution in [3.05, 3.63) is 41.2 Å². The molecular weight excluding hydrogens is 301 g/mol. The number of thiazole rings is 1. The molecule has 3 rings (SSSR count). The first-order valence-electron chi connectivity index (χ1n) is 7.43. The van der Waals surface area contributed by atoms with Crippen molar-refractivity contribution in [2.45, 2.75) is 12.8 Å². The van der Waals surface area contributed by atoms with Gasteiger partial charge in [0, 0.05) is 17.5 Å². The molecule has 22 heavy (non-hydrogen) atoms. The Morgan fingerprint density at radius 2 is 2.23 bits per heavy atom. The smallest absolute Gasteiger partial charge is 0.270 e. The third-order valence-corrected chi connectivity index (χ3v) is 4.72. The third-order valence-electron chi connectivity index (χ3n) is 3.83. The summed E-state index contributed by atoms with van der Waals surface area (Å²) in [4.78, 5) is 16.4. The number of nitrogens with one attached hydrogen (secondary N) is 2. The number of carbonyl (C=O) groups is 1. The van der Waals surface area contributed by atoms with Crippen molar-refractivity contribution in [3.8, 4) is 10.6 Å². The Labute approximate surface area is 132 Å². The van der Waals surface area contributed by atoms with Crippen LogP contribution >= 0.6 is 11.3 Å². The zero-order valence-corrected chi connectivity index (χ0v) is 13.0. The van der Waals surface area contributed by atoms with Gasteiger partial charge in [0.25, 0.3) is 5.91 Å². The number of benzene rings is 1. The Morgan fingerprint density at radius 3 is 2.95 bits per heavy atom. The van der Waals surface area contributed by atoms with Crippen molar-refractivity contribution in [2.75, 3.05) is 19.6 Å². The maximum atomic E-state index is 12.9. The van der Waals surface area contributed by atoms with E-state index in [-0.39, 0.29) is 11.7 Å². The lowest BCUT2D eigenvalue weighted by molar-refractivity contribution is 0.0947. The van der Waals surface area contributed by atoms with E-state index in [2.05, 4.69) is 15.6 Å². The van der Waals surface area contributed by atoms with Crippen LogP contribution in [0.5, 0.6) is 0 Å². The molecule has 0 saturated carbocycles. The molecule has 1 unspecified atom stereocenters. The fraction of sp³-hybridized carbons (Fsp3) is 0.375. The van der Waals surface area contributed by atoms with Crippen LogP contribution in [0.2, 0.25) is 0 Å². The van der Waals surface area contributed by atoms with Crippen LogP contribution in [0, 0.1) is 11.7 Å². The average Bonchev–Trinajstić information content (AvgIpc) is 3.19. The molecule has 2 heterocycles. The van der Waals surface area contributed by atoms with E-state index in [9.17, 15) is 9.18 Å². The lowest BCUT2D eigenvalue weighted by atomic mass is 10.1. The van der Waals surface area contributed by atoms with Crippen LogP contribution in [-0.2, 0) is 0 Å². The van der Waals surface area contributed by atoms with Gasteiger partial charge in [-0.25, -0.2) is 9.37 Å². The van der Waals surface area contributed by atoms with Crippen molar-refractivity contribution in [1.82, 2.24) is 15.6 Å². The highest BCUT2D eigenvalue weighted by Gasteiger charge is 2.15. The van der Waals surface area contributed by atoms with Crippen LogP contribution in [0.1, 0.15) is 23.3 Å². The zero-order valence-electron chi connectivity index (χ0n) is 12.1. The molecule has 1 aliphatic heterocycles. The summed E-state index contributed by atoms with van der Waals surface area (Å²) in [6.45, 7) is 2.79. The largest absolute Gasteiger partial charge is 0.351 e. The van der Waals surface area contributed by atoms with Gasteiger partial charge in [0.2, 0.25) is 0 Å². The molecule has 1 aromatic heterocycles. The van der Waals surface area contributed by atoms with Crippen LogP contribution in [-0.4, -0.2) is 30.5 Å². The Hall–Kier alpha value is -1.79. The van der Waals surface area contributed by atoms with Gasteiger partial charge >= 0.3 is 0 Å². The first-order chi connectivity index (χ1) is 10.7. The van der Waals surface area contributed by atoms with E-state index in [4.69, 9.17) is 0 Å². The Balaban J connectivity index is 1.55. The summed E-state index contributed by atoms with van der Waals surface area (Å²) >= 11 is 1.39. The topological polar surface area (TPSA) is 54.0 Å². The molecule has 0 aliphatic carbocycles. The van der Waals surface area contributed by atoms with Gasteiger partial charge in [0.05, 0.1) is 0 Å². The number of aromatic nitrogens is 1. The predicted octanol–water partition coefficient (Wildman–Crippen LogP) is 2.68. The van der Waals surface area contributed by atoms with E-state index in [1.54, 1.807) is 17.5 Å². The normalized spacial score (nSPS) is 17.6. The van der Waals surface area contributed by atoms with Crippen LogP contribution in [0.4, 0.5) is 4.39 Å². The van der Waals surface area contributed by atoms with Crippen molar-refractivity contribution < 1.29 is 9.18 Å². The van der Waals surface area contributed by atoms with Crippen molar-refractivity contribution >= 4 is 17.2 Å². The number of amides is 1. The second-order valence-electron chi connectivity index (χ2n) is 5.45. The summed E-state index contributed by atoms with van der Waals surface area (Å²) in [5, 5.41) is 8.70. The molecule has 1 saturated heterocycles. The van der Waals surface area contributed by atoms with E-state index in [0.29, 0.717) is 18.2 Å². The standard InChI is InChI=1S/C16H18FN3OS/c17-13-3-1-12(2-4-13)16-20-14(10-22-16)15(21)19-8-6-11-5-7-18-9-11/h1-4,10-11,18H,5-9H2,(H,19,21). The molecule has 1 amide bonds. The third kappa shape index (κ3) is 3.69. The fourth-order valence-corrected chi connectivity index (χ4v) is 3.35. The second-order valence-corrected chi connectivity index (χ2v) is 6.31. The SMILES string of the molecule is O=C(NCCC1CCNC1)c1csc(-c2ccc(F)cc2)n1. The molecule has 116 valence electrons. The number of halogens is 1. The van der Waals surface area contributed by atoms with Gasteiger partial charge in [-0.05, 0) is 56.1 Å². The van der Waals surface area contributed by atoms with Crippen LogP contribution in [0.25, 0.3) is 10.6 Å². The summed E-state index contributed by atoms with van der Waals surface area (Å²) in [6, 6.07) is 6.13. The lowest BCUT2D eigenvalue weighted by Gasteiger charge is -2.08. The maximum Gasteiger partial charge on any atom is 0.270 e. The molecule has 1 atom stereocenters. The first kappa shape index (κ1) is 15.1. The molecule has 0 bridgehead atoms. The minimum Gasteiger partial charge on any atom is -0.351 e. The predicted molar refractivity (Wildman–Crippen MR) is 85.4 cm³/mol. The van der Waals surface area contributed by atoms with E-state index in [1.165, 1.54) is 29.9 Å². The minimum atomic E-state index is -0.278. The molecule has 2 N–H and O–H groups in total. The monoisotopic (exact) mass is 319 g/mol. The van der Waals surface area contributed by atoms with Gasteiger partial charge < -0.3 is 10.6 Å². The molecule has 2 aromatic rings. The molecule has 0 spiro atoms. The zero-order chi connectivity index (χ0) is 15.4. The van der Waals surface area contributed by atoms with E-state index in [0.717, 1.165) is 30.1 Å². The molecule has 4 nitrogen and oxygen atoms in total. The van der Waals surface area contributed by atoms with Gasteiger partial charge in [0.15, 0.2) is 0 Å². The second kappa shape index (κ2) is 6.98. The highest BCUT2D eigenvalue weighted by atomic mass is 32.1. The summed E-state index contributed by atoms with van der Waals surface area (Å²) in [5.41, 5.74) is 1.25. The van der Waals surface area contributed by atoms with Crippen LogP contribution < -0.4 is 10.6 Å². The van der Waals surface area contributed by atoms with Crippen molar-refractivity contribution in [1.29, 1.82) is 0 Å². The number of carbonyl (C=O) groups excluding carboxylic acids is 1. The van der Waals surface area contributed by atoms with E-state index in [1.807, 2.05) is 0 Å². The lowest BCUT2D eigenvalue weighted by Crippen LogP contribution is -2.26. The highest BCUT2D eigenvalue weighted by Crippen LogP contribution is 2.23. The average molecular weight is 319 g/mol. The molecule has 0 radical (unpaired) electrons. The van der Waals surface area contributed by atoms with Crippen LogP contribution in [0.3, 0.4) is 0 Å². The van der Waals surface area contributed by atoms with Gasteiger partial charge in [-0.3, -0.25) is 4.79 Å². The first-order valence-corrected chi connectivity index (χ1v) is 8.31. The molecular formula is C16H18FN3OS. The number of rotatable bonds is 5. The quantitative estimate of drug-likeness (QED) is 0.891. The molecule has 1 aliphatic rings. The highest BCUT2D eigenvalue weighted by molar-refractivity contribution is 7.13. The molecule has 6 heteroatoms. The van der Waals surface area contributed by atoms with Gasteiger partial charge in [-0.15, -0.1) is 11.3 Å². The molecule has 1 aromatic carbocycles. The van der Waals surface area contributed by atoms with Gasteiger partial charge in [-0.1, -0.05) is 0 Å². The maximum absolute atomic E-state index is 12.9. The van der Waals surface area contributed by atoms with Gasteiger partial charge in [0.1, 0.15) is 16.5 Å². The Kier molecular flexibility index (Phi) is 4.80. The number of hydrogen-bond acceptors (Lipinski definition) is 4. The number of hydrogen-bond donors (Lipinski definition) is 2. The van der Waals surface area contributed by atoms with Crippen molar-refractivity contribution in [3.63, 3.8) is 0 Å². The van der Waals surface area contributed by atoms with E-state index >= 15 is 0 Å². The number of nitrogens with zero attached hydrogens (tertiary/aromatic N) is 1. The van der Waals surface area contributed by atoms with Crippen LogP contribution in [0.15, 0.2) is 29.6 Å². The summed E-state index contributed by atoms with van der Waals surface area (Å²) in [5.74, 6) is 0.237. The minimum absolute atomic E-state index is 0.143. The fourth-order valence-electron chi connectivity index (χ4n) is 2.54. The molecule has 1 fully saturated rings. The van der Waals surface area contributed by atoms with Gasteiger partial charge in [-0.2, -0.15) is 0 Å². The summed E-state index contributed by atoms with van der Waals surface area (Å²) in [7, 11) is 0. The van der Waals surface area contributed by atoms with Crippen molar-refractivity contribution in [2.24, 2.45) is 5.92 Å². The van der Waals surface area contributed by atoms with E-state index < -0.39 is 0 Å². The summed E-state index contributed by atoms with van der Waals surface area (Å²) < 4.78 is 12.9. The Bertz CT molecular complexity index is 635.